The molecule has 1 rings (SSSR count). The summed E-state index contributed by atoms with van der Waals surface area (Å²) in [6, 6.07) is 0.0555. The van der Waals surface area contributed by atoms with Gasteiger partial charge in [0.25, 0.3) is 0 Å². The zero-order chi connectivity index (χ0) is 12.7. The number of ether oxygens (including phenoxy) is 1. The molecule has 3 atom stereocenters. The summed E-state index contributed by atoms with van der Waals surface area (Å²) in [5, 5.41) is 11.8. The molecule has 0 aromatic heterocycles. The van der Waals surface area contributed by atoms with E-state index in [-0.39, 0.29) is 30.6 Å². The van der Waals surface area contributed by atoms with Gasteiger partial charge < -0.3 is 15.2 Å². The maximum absolute atomic E-state index is 12.0. The summed E-state index contributed by atoms with van der Waals surface area (Å²) in [5.74, 6) is 0.205. The summed E-state index contributed by atoms with van der Waals surface area (Å²) in [5.41, 5.74) is 0. The molecule has 3 unspecified atom stereocenters. The second-order valence-electron chi connectivity index (χ2n) is 4.92. The van der Waals surface area contributed by atoms with E-state index in [1.165, 1.54) is 0 Å². The van der Waals surface area contributed by atoms with Crippen LogP contribution in [-0.2, 0) is 9.53 Å². The lowest BCUT2D eigenvalue weighted by atomic mass is 9.92. The number of rotatable bonds is 6. The average molecular weight is 243 g/mol. The van der Waals surface area contributed by atoms with Crippen molar-refractivity contribution >= 4 is 5.91 Å². The molecule has 0 spiro atoms. The van der Waals surface area contributed by atoms with Gasteiger partial charge in [-0.2, -0.15) is 0 Å². The maximum atomic E-state index is 12.0. The van der Waals surface area contributed by atoms with Gasteiger partial charge in [0, 0.05) is 25.2 Å². The predicted octanol–water partition coefficient (Wildman–Crippen LogP) is 1.47. The van der Waals surface area contributed by atoms with Gasteiger partial charge in [-0.25, -0.2) is 0 Å². The van der Waals surface area contributed by atoms with Crippen LogP contribution in [0.4, 0.5) is 0 Å². The molecule has 1 amide bonds. The quantitative estimate of drug-likeness (QED) is 0.742. The third kappa shape index (κ3) is 5.04. The van der Waals surface area contributed by atoms with Crippen LogP contribution in [0.15, 0.2) is 0 Å². The van der Waals surface area contributed by atoms with E-state index in [9.17, 15) is 4.79 Å². The van der Waals surface area contributed by atoms with Crippen molar-refractivity contribution < 1.29 is 14.6 Å². The van der Waals surface area contributed by atoms with Gasteiger partial charge in [0.1, 0.15) is 0 Å². The van der Waals surface area contributed by atoms with E-state index >= 15 is 0 Å². The fraction of sp³-hybridized carbons (Fsp3) is 0.923. The van der Waals surface area contributed by atoms with Gasteiger partial charge in [0.15, 0.2) is 0 Å². The lowest BCUT2D eigenvalue weighted by molar-refractivity contribution is -0.130. The molecule has 0 saturated carbocycles. The monoisotopic (exact) mass is 243 g/mol. The maximum Gasteiger partial charge on any atom is 0.223 e. The first-order valence-corrected chi connectivity index (χ1v) is 6.70. The van der Waals surface area contributed by atoms with Crippen LogP contribution in [0.1, 0.15) is 46.0 Å². The largest absolute Gasteiger partial charge is 0.396 e. The van der Waals surface area contributed by atoms with Gasteiger partial charge in [-0.1, -0.05) is 13.3 Å². The Hall–Kier alpha value is -0.610. The third-order valence-electron chi connectivity index (χ3n) is 3.30. The first-order valence-electron chi connectivity index (χ1n) is 6.70. The van der Waals surface area contributed by atoms with Crippen molar-refractivity contribution in [2.24, 2.45) is 5.92 Å². The van der Waals surface area contributed by atoms with Gasteiger partial charge in [-0.05, 0) is 32.6 Å². The standard InChI is InChI=1S/C13H25NO3/c1-3-4-12-9-11(6-8-17-12)13(16)14-10(2)5-7-15/h10-12,15H,3-9H2,1-2H3,(H,14,16). The summed E-state index contributed by atoms with van der Waals surface area (Å²) in [4.78, 5) is 12.0. The first kappa shape index (κ1) is 14.5. The average Bonchev–Trinajstić information content (AvgIpc) is 2.30. The van der Waals surface area contributed by atoms with Crippen molar-refractivity contribution in [3.8, 4) is 0 Å². The summed E-state index contributed by atoms with van der Waals surface area (Å²) >= 11 is 0. The summed E-state index contributed by atoms with van der Waals surface area (Å²) in [6.45, 7) is 4.87. The highest BCUT2D eigenvalue weighted by molar-refractivity contribution is 5.79. The van der Waals surface area contributed by atoms with Crippen molar-refractivity contribution in [3.63, 3.8) is 0 Å². The van der Waals surface area contributed by atoms with Gasteiger partial charge in [0.05, 0.1) is 6.10 Å². The number of aliphatic hydroxyl groups is 1. The minimum atomic E-state index is 0.0555. The minimum absolute atomic E-state index is 0.0555. The lowest BCUT2D eigenvalue weighted by Crippen LogP contribution is -2.41. The zero-order valence-electron chi connectivity index (χ0n) is 10.9. The number of hydrogen-bond acceptors (Lipinski definition) is 3. The summed E-state index contributed by atoms with van der Waals surface area (Å²) in [7, 11) is 0. The molecule has 0 bridgehead atoms. The highest BCUT2D eigenvalue weighted by Gasteiger charge is 2.27. The molecular formula is C13H25NO3. The number of aliphatic hydroxyl groups excluding tert-OH is 1. The Morgan fingerprint density at radius 1 is 1.59 bits per heavy atom. The summed E-state index contributed by atoms with van der Waals surface area (Å²) in [6.07, 6.45) is 4.66. The molecule has 0 aromatic carbocycles. The normalized spacial score (nSPS) is 26.5. The molecule has 1 fully saturated rings. The number of nitrogens with one attached hydrogen (secondary N) is 1. The van der Waals surface area contributed by atoms with Gasteiger partial charge >= 0.3 is 0 Å². The molecule has 4 nitrogen and oxygen atoms in total. The van der Waals surface area contributed by atoms with E-state index in [2.05, 4.69) is 12.2 Å². The van der Waals surface area contributed by atoms with Crippen molar-refractivity contribution in [3.05, 3.63) is 0 Å². The molecule has 0 radical (unpaired) electrons. The van der Waals surface area contributed by atoms with Gasteiger partial charge in [-0.3, -0.25) is 4.79 Å². The van der Waals surface area contributed by atoms with E-state index in [1.54, 1.807) is 0 Å². The SMILES string of the molecule is CCCC1CC(C(=O)NC(C)CCO)CCO1. The van der Waals surface area contributed by atoms with E-state index < -0.39 is 0 Å². The van der Waals surface area contributed by atoms with Crippen LogP contribution in [-0.4, -0.2) is 36.4 Å². The van der Waals surface area contributed by atoms with Crippen LogP contribution in [0.2, 0.25) is 0 Å². The predicted molar refractivity (Wildman–Crippen MR) is 66.7 cm³/mol. The molecule has 17 heavy (non-hydrogen) atoms. The second-order valence-corrected chi connectivity index (χ2v) is 4.92. The Balaban J connectivity index is 2.35. The molecule has 4 heteroatoms. The number of amides is 1. The lowest BCUT2D eigenvalue weighted by Gasteiger charge is -2.29. The van der Waals surface area contributed by atoms with Crippen molar-refractivity contribution in [1.82, 2.24) is 5.32 Å². The Labute approximate surface area is 104 Å². The highest BCUT2D eigenvalue weighted by atomic mass is 16.5. The Bertz CT molecular complexity index is 231. The van der Waals surface area contributed by atoms with Crippen LogP contribution < -0.4 is 5.32 Å². The van der Waals surface area contributed by atoms with E-state index in [0.717, 1.165) is 25.7 Å². The number of hydrogen-bond donors (Lipinski definition) is 2. The third-order valence-corrected chi connectivity index (χ3v) is 3.30. The van der Waals surface area contributed by atoms with Crippen molar-refractivity contribution in [1.29, 1.82) is 0 Å². The smallest absolute Gasteiger partial charge is 0.223 e. The number of carbonyl (C=O) groups is 1. The fourth-order valence-electron chi connectivity index (χ4n) is 2.27. The van der Waals surface area contributed by atoms with Crippen molar-refractivity contribution in [2.75, 3.05) is 13.2 Å². The van der Waals surface area contributed by atoms with Crippen LogP contribution in [0.3, 0.4) is 0 Å². The molecule has 1 heterocycles. The van der Waals surface area contributed by atoms with Crippen LogP contribution in [0.25, 0.3) is 0 Å². The van der Waals surface area contributed by atoms with Gasteiger partial charge in [-0.15, -0.1) is 0 Å². The minimum Gasteiger partial charge on any atom is -0.396 e. The molecule has 1 aliphatic heterocycles. The highest BCUT2D eigenvalue weighted by Crippen LogP contribution is 2.23. The Kier molecular flexibility index (Phi) is 6.52. The van der Waals surface area contributed by atoms with Crippen LogP contribution >= 0.6 is 0 Å². The Morgan fingerprint density at radius 3 is 3.00 bits per heavy atom. The van der Waals surface area contributed by atoms with E-state index in [1.807, 2.05) is 6.92 Å². The molecule has 100 valence electrons. The number of carbonyl (C=O) groups excluding carboxylic acids is 1. The van der Waals surface area contributed by atoms with E-state index in [4.69, 9.17) is 9.84 Å². The first-order chi connectivity index (χ1) is 8.17. The molecule has 0 aliphatic carbocycles. The molecule has 2 N–H and O–H groups in total. The zero-order valence-corrected chi connectivity index (χ0v) is 10.9. The Morgan fingerprint density at radius 2 is 2.35 bits per heavy atom. The fourth-order valence-corrected chi connectivity index (χ4v) is 2.27. The van der Waals surface area contributed by atoms with E-state index in [0.29, 0.717) is 13.0 Å². The summed E-state index contributed by atoms with van der Waals surface area (Å²) < 4.78 is 5.63. The molecule has 0 aromatic rings. The van der Waals surface area contributed by atoms with Gasteiger partial charge in [0.2, 0.25) is 5.91 Å². The topological polar surface area (TPSA) is 58.6 Å². The second kappa shape index (κ2) is 7.67. The van der Waals surface area contributed by atoms with Crippen molar-refractivity contribution in [2.45, 2.75) is 58.1 Å². The van der Waals surface area contributed by atoms with Crippen LogP contribution in [0.5, 0.6) is 0 Å². The molecular weight excluding hydrogens is 218 g/mol. The molecule has 1 aliphatic rings. The molecule has 1 saturated heterocycles. The van der Waals surface area contributed by atoms with Crippen LogP contribution in [0, 0.1) is 5.92 Å².